The second-order valence-electron chi connectivity index (χ2n) is 3.19. The van der Waals surface area contributed by atoms with Gasteiger partial charge in [-0.3, -0.25) is 9.00 Å². The minimum atomic E-state index is -4.34. The van der Waals surface area contributed by atoms with E-state index < -0.39 is 40.9 Å². The number of ether oxygens (including phenoxy) is 1. The second kappa shape index (κ2) is 6.09. The largest absolute Gasteiger partial charge is 0.462 e. The maximum atomic E-state index is 11.7. The Bertz CT molecular complexity index is 238. The van der Waals surface area contributed by atoms with Gasteiger partial charge in [0.1, 0.15) is 5.75 Å². The molecule has 0 aliphatic carbocycles. The first-order valence-corrected chi connectivity index (χ1v) is 5.80. The highest BCUT2D eigenvalue weighted by atomic mass is 32.2. The summed E-state index contributed by atoms with van der Waals surface area (Å²) in [4.78, 5) is 10.9. The summed E-state index contributed by atoms with van der Waals surface area (Å²) >= 11 is 0. The lowest BCUT2D eigenvalue weighted by Crippen LogP contribution is -2.21. The van der Waals surface area contributed by atoms with Crippen LogP contribution in [0.25, 0.3) is 0 Å². The molecule has 7 heteroatoms. The average Bonchev–Trinajstić information content (AvgIpc) is 1.97. The number of alkyl halides is 3. The van der Waals surface area contributed by atoms with Gasteiger partial charge in [-0.1, -0.05) is 0 Å². The Morgan fingerprint density at radius 3 is 2.33 bits per heavy atom. The Morgan fingerprint density at radius 2 is 1.93 bits per heavy atom. The molecule has 3 nitrogen and oxygen atoms in total. The van der Waals surface area contributed by atoms with E-state index in [-0.39, 0.29) is 6.10 Å². The fourth-order valence-corrected chi connectivity index (χ4v) is 1.66. The van der Waals surface area contributed by atoms with Crippen LogP contribution in [0.4, 0.5) is 13.2 Å². The number of esters is 1. The minimum absolute atomic E-state index is 0.350. The van der Waals surface area contributed by atoms with Gasteiger partial charge in [0, 0.05) is 16.6 Å². The van der Waals surface area contributed by atoms with Crippen molar-refractivity contribution in [1.82, 2.24) is 0 Å². The van der Waals surface area contributed by atoms with Gasteiger partial charge in [-0.05, 0) is 13.8 Å². The van der Waals surface area contributed by atoms with Crippen LogP contribution in [0.5, 0.6) is 0 Å². The molecule has 0 fully saturated rings. The molecule has 0 bridgehead atoms. The molecule has 0 radical (unpaired) electrons. The van der Waals surface area contributed by atoms with Crippen molar-refractivity contribution in [2.24, 2.45) is 0 Å². The van der Waals surface area contributed by atoms with Gasteiger partial charge in [0.15, 0.2) is 0 Å². The minimum Gasteiger partial charge on any atom is -0.462 e. The van der Waals surface area contributed by atoms with Gasteiger partial charge in [0.05, 0.1) is 12.5 Å². The van der Waals surface area contributed by atoms with Crippen LogP contribution in [-0.4, -0.2) is 34.0 Å². The van der Waals surface area contributed by atoms with Gasteiger partial charge in [0.2, 0.25) is 0 Å². The molecule has 1 atom stereocenters. The fourth-order valence-electron chi connectivity index (χ4n) is 0.730. The zero-order valence-corrected chi connectivity index (χ0v) is 9.28. The summed E-state index contributed by atoms with van der Waals surface area (Å²) in [5.74, 6) is -1.77. The molecule has 0 N–H and O–H groups in total. The van der Waals surface area contributed by atoms with Gasteiger partial charge in [0.25, 0.3) is 0 Å². The molecule has 0 saturated heterocycles. The van der Waals surface area contributed by atoms with Crippen molar-refractivity contribution >= 4 is 16.8 Å². The fraction of sp³-hybridized carbons (Fsp3) is 0.875. The maximum absolute atomic E-state index is 11.7. The molecule has 0 heterocycles. The van der Waals surface area contributed by atoms with Crippen molar-refractivity contribution in [2.75, 3.05) is 11.5 Å². The molecule has 0 spiro atoms. The lowest BCUT2D eigenvalue weighted by atomic mass is 10.5. The van der Waals surface area contributed by atoms with E-state index in [1.807, 2.05) is 0 Å². The van der Waals surface area contributed by atoms with Crippen LogP contribution in [0, 0.1) is 0 Å². The highest BCUT2D eigenvalue weighted by Gasteiger charge is 2.28. The van der Waals surface area contributed by atoms with Gasteiger partial charge >= 0.3 is 12.1 Å². The Kier molecular flexibility index (Phi) is 5.85. The smallest absolute Gasteiger partial charge is 0.390 e. The molecule has 0 aromatic rings. The van der Waals surface area contributed by atoms with E-state index >= 15 is 0 Å². The van der Waals surface area contributed by atoms with E-state index in [1.165, 1.54) is 0 Å². The third-order valence-corrected chi connectivity index (χ3v) is 2.48. The molecular weight excluding hydrogens is 233 g/mol. The SMILES string of the molecule is CC(C)OC(=O)CS(=O)CCC(F)(F)F. The summed E-state index contributed by atoms with van der Waals surface area (Å²) in [5, 5.41) is 0. The van der Waals surface area contributed by atoms with E-state index in [0.717, 1.165) is 0 Å². The van der Waals surface area contributed by atoms with Crippen LogP contribution < -0.4 is 0 Å². The molecule has 0 aliphatic rings. The van der Waals surface area contributed by atoms with Crippen LogP contribution in [-0.2, 0) is 20.3 Å². The summed E-state index contributed by atoms with van der Waals surface area (Å²) in [5.41, 5.74) is 0. The molecule has 1 unspecified atom stereocenters. The number of carbonyl (C=O) groups is 1. The van der Waals surface area contributed by atoms with Crippen LogP contribution >= 0.6 is 0 Å². The van der Waals surface area contributed by atoms with E-state index in [9.17, 15) is 22.2 Å². The van der Waals surface area contributed by atoms with Gasteiger partial charge < -0.3 is 4.74 Å². The first-order chi connectivity index (χ1) is 6.70. The number of halogens is 3. The predicted octanol–water partition coefficient (Wildman–Crippen LogP) is 1.64. The Morgan fingerprint density at radius 1 is 1.40 bits per heavy atom. The normalized spacial score (nSPS) is 14.0. The summed E-state index contributed by atoms with van der Waals surface area (Å²) in [6, 6.07) is 0. The summed E-state index contributed by atoms with van der Waals surface area (Å²) in [6.45, 7) is 3.22. The van der Waals surface area contributed by atoms with E-state index in [1.54, 1.807) is 13.8 Å². The van der Waals surface area contributed by atoms with Crippen LogP contribution in [0.3, 0.4) is 0 Å². The first-order valence-electron chi connectivity index (χ1n) is 4.32. The number of hydrogen-bond donors (Lipinski definition) is 0. The molecule has 0 aliphatic heterocycles. The van der Waals surface area contributed by atoms with Gasteiger partial charge in [-0.15, -0.1) is 0 Å². The average molecular weight is 246 g/mol. The van der Waals surface area contributed by atoms with Crippen molar-refractivity contribution in [3.05, 3.63) is 0 Å². The van der Waals surface area contributed by atoms with Crippen LogP contribution in [0.1, 0.15) is 20.3 Å². The Balaban J connectivity index is 3.80. The molecule has 0 amide bonds. The monoisotopic (exact) mass is 246 g/mol. The zero-order chi connectivity index (χ0) is 12.1. The molecule has 90 valence electrons. The highest BCUT2D eigenvalue weighted by molar-refractivity contribution is 7.85. The molecule has 0 aromatic heterocycles. The molecule has 15 heavy (non-hydrogen) atoms. The van der Waals surface area contributed by atoms with Gasteiger partial charge in [-0.25, -0.2) is 0 Å². The van der Waals surface area contributed by atoms with Crippen molar-refractivity contribution in [1.29, 1.82) is 0 Å². The quantitative estimate of drug-likeness (QED) is 0.693. The topological polar surface area (TPSA) is 43.4 Å². The molecule has 0 rings (SSSR count). The third-order valence-electron chi connectivity index (χ3n) is 1.26. The third kappa shape index (κ3) is 9.71. The maximum Gasteiger partial charge on any atom is 0.390 e. The second-order valence-corrected chi connectivity index (χ2v) is 4.77. The molecule has 0 aromatic carbocycles. The Labute approximate surface area is 88.4 Å². The summed E-state index contributed by atoms with van der Waals surface area (Å²) in [6.07, 6.45) is -5.83. The highest BCUT2D eigenvalue weighted by Crippen LogP contribution is 2.19. The van der Waals surface area contributed by atoms with Crippen LogP contribution in [0.15, 0.2) is 0 Å². The summed E-state index contributed by atoms with van der Waals surface area (Å²) < 4.78 is 50.8. The Hall–Kier alpha value is -0.590. The van der Waals surface area contributed by atoms with Crippen molar-refractivity contribution in [3.8, 4) is 0 Å². The van der Waals surface area contributed by atoms with E-state index in [4.69, 9.17) is 0 Å². The van der Waals surface area contributed by atoms with Crippen molar-refractivity contribution in [3.63, 3.8) is 0 Å². The van der Waals surface area contributed by atoms with Crippen molar-refractivity contribution in [2.45, 2.75) is 32.5 Å². The predicted molar refractivity (Wildman–Crippen MR) is 49.8 cm³/mol. The van der Waals surface area contributed by atoms with Crippen molar-refractivity contribution < 1.29 is 26.9 Å². The number of rotatable bonds is 5. The summed E-state index contributed by atoms with van der Waals surface area (Å²) in [7, 11) is -1.81. The standard InChI is InChI=1S/C8H13F3O3S/c1-6(2)14-7(12)5-15(13)4-3-8(9,10)11/h6H,3-5H2,1-2H3. The lowest BCUT2D eigenvalue weighted by molar-refractivity contribution is -0.144. The van der Waals surface area contributed by atoms with Crippen LogP contribution in [0.2, 0.25) is 0 Å². The van der Waals surface area contributed by atoms with E-state index in [2.05, 4.69) is 4.74 Å². The zero-order valence-electron chi connectivity index (χ0n) is 8.47. The lowest BCUT2D eigenvalue weighted by Gasteiger charge is -2.08. The van der Waals surface area contributed by atoms with E-state index in [0.29, 0.717) is 0 Å². The number of carbonyl (C=O) groups excluding carboxylic acids is 1. The molecule has 0 saturated carbocycles. The van der Waals surface area contributed by atoms with Gasteiger partial charge in [-0.2, -0.15) is 13.2 Å². The first kappa shape index (κ1) is 14.4. The number of hydrogen-bond acceptors (Lipinski definition) is 3. The molecular formula is C8H13F3O3S.